The van der Waals surface area contributed by atoms with Crippen molar-refractivity contribution in [2.24, 2.45) is 0 Å². The van der Waals surface area contributed by atoms with Crippen LogP contribution >= 0.6 is 23.2 Å². The van der Waals surface area contributed by atoms with Crippen molar-refractivity contribution in [2.75, 3.05) is 0 Å². The molecule has 1 amide bonds. The number of amides is 1. The minimum atomic E-state index is -4.87. The molecule has 1 fully saturated rings. The highest BCUT2D eigenvalue weighted by Crippen LogP contribution is 2.40. The number of rotatable bonds is 5. The number of fused-ring (bicyclic) bond motifs is 1. The molecule has 1 aliphatic carbocycles. The number of ketones is 1. The third-order valence-electron chi connectivity index (χ3n) is 4.89. The molecule has 1 saturated carbocycles. The van der Waals surface area contributed by atoms with E-state index >= 15 is 0 Å². The third kappa shape index (κ3) is 4.04. The fraction of sp³-hybridized carbons (Fsp3) is 0.238. The summed E-state index contributed by atoms with van der Waals surface area (Å²) in [6.07, 6.45) is -3.46. The number of hydrogen-bond donors (Lipinski definition) is 1. The number of benzene rings is 2. The lowest BCUT2D eigenvalue weighted by Crippen LogP contribution is -2.34. The van der Waals surface area contributed by atoms with E-state index in [0.29, 0.717) is 23.4 Å². The summed E-state index contributed by atoms with van der Waals surface area (Å²) in [5.74, 6) is -2.27. The van der Waals surface area contributed by atoms with Crippen molar-refractivity contribution >= 4 is 45.8 Å². The molecule has 4 nitrogen and oxygen atoms in total. The van der Waals surface area contributed by atoms with Gasteiger partial charge in [0.25, 0.3) is 11.7 Å². The Morgan fingerprint density at radius 3 is 2.27 bits per heavy atom. The number of nitrogens with zero attached hydrogens (tertiary/aromatic N) is 1. The van der Waals surface area contributed by atoms with E-state index in [2.05, 4.69) is 5.32 Å². The van der Waals surface area contributed by atoms with E-state index in [9.17, 15) is 22.8 Å². The molecule has 0 bridgehead atoms. The zero-order valence-corrected chi connectivity index (χ0v) is 16.9. The zero-order chi connectivity index (χ0) is 21.6. The standard InChI is InChI=1S/C21H15Cl2F3N2O2/c22-12-3-1-11(2-4-12)10-28-16-8-5-13(23)9-15(16)17(19(28)21(24,25)26)18(29)20(30)27-14-6-7-14/h1-5,8-9,14H,6-7,10H2,(H,27,30). The molecule has 156 valence electrons. The fourth-order valence-electron chi connectivity index (χ4n) is 3.38. The first-order valence-electron chi connectivity index (χ1n) is 9.13. The number of aromatic nitrogens is 1. The van der Waals surface area contributed by atoms with Crippen molar-refractivity contribution in [1.29, 1.82) is 0 Å². The molecule has 0 radical (unpaired) electrons. The number of halogens is 5. The monoisotopic (exact) mass is 454 g/mol. The van der Waals surface area contributed by atoms with Gasteiger partial charge in [-0.3, -0.25) is 9.59 Å². The van der Waals surface area contributed by atoms with Gasteiger partial charge in [0.15, 0.2) is 0 Å². The van der Waals surface area contributed by atoms with Crippen LogP contribution in [0.3, 0.4) is 0 Å². The first-order valence-corrected chi connectivity index (χ1v) is 9.89. The molecule has 3 aromatic rings. The van der Waals surface area contributed by atoms with E-state index in [4.69, 9.17) is 23.2 Å². The summed E-state index contributed by atoms with van der Waals surface area (Å²) in [5.41, 5.74) is -1.15. The molecular formula is C21H15Cl2F3N2O2. The van der Waals surface area contributed by atoms with Gasteiger partial charge in [0, 0.05) is 33.5 Å². The van der Waals surface area contributed by atoms with Gasteiger partial charge in [-0.05, 0) is 48.7 Å². The Balaban J connectivity index is 1.92. The average molecular weight is 455 g/mol. The van der Waals surface area contributed by atoms with Crippen LogP contribution in [0.5, 0.6) is 0 Å². The van der Waals surface area contributed by atoms with Gasteiger partial charge in [-0.1, -0.05) is 35.3 Å². The smallest absolute Gasteiger partial charge is 0.346 e. The van der Waals surface area contributed by atoms with E-state index in [0.717, 1.165) is 4.57 Å². The molecule has 4 rings (SSSR count). The maximum Gasteiger partial charge on any atom is 0.432 e. The summed E-state index contributed by atoms with van der Waals surface area (Å²) in [6.45, 7) is -0.165. The molecule has 0 unspecified atom stereocenters. The summed E-state index contributed by atoms with van der Waals surface area (Å²) in [6, 6.07) is 10.3. The van der Waals surface area contributed by atoms with Crippen LogP contribution < -0.4 is 5.32 Å². The van der Waals surface area contributed by atoms with Crippen LogP contribution in [-0.4, -0.2) is 22.3 Å². The quantitative estimate of drug-likeness (QED) is 0.410. The van der Waals surface area contributed by atoms with E-state index in [1.165, 1.54) is 18.2 Å². The first-order chi connectivity index (χ1) is 14.1. The second-order valence-electron chi connectivity index (χ2n) is 7.17. The van der Waals surface area contributed by atoms with Crippen molar-refractivity contribution < 1.29 is 22.8 Å². The largest absolute Gasteiger partial charge is 0.432 e. The predicted molar refractivity (Wildman–Crippen MR) is 108 cm³/mol. The van der Waals surface area contributed by atoms with Gasteiger partial charge in [-0.25, -0.2) is 0 Å². The normalized spacial score (nSPS) is 14.2. The molecule has 1 aliphatic rings. The van der Waals surface area contributed by atoms with Crippen LogP contribution in [0.15, 0.2) is 42.5 Å². The molecular weight excluding hydrogens is 440 g/mol. The van der Waals surface area contributed by atoms with Gasteiger partial charge in [-0.15, -0.1) is 0 Å². The van der Waals surface area contributed by atoms with Crippen molar-refractivity contribution in [2.45, 2.75) is 31.6 Å². The summed E-state index contributed by atoms with van der Waals surface area (Å²) < 4.78 is 43.5. The first kappa shape index (κ1) is 20.8. The number of nitrogens with one attached hydrogen (secondary N) is 1. The molecule has 30 heavy (non-hydrogen) atoms. The molecule has 0 saturated heterocycles. The molecule has 0 atom stereocenters. The maximum atomic E-state index is 14.2. The second kappa shape index (κ2) is 7.63. The summed E-state index contributed by atoms with van der Waals surface area (Å²) in [7, 11) is 0. The minimum absolute atomic E-state index is 0.0141. The fourth-order valence-corrected chi connectivity index (χ4v) is 3.68. The van der Waals surface area contributed by atoms with Gasteiger partial charge in [0.1, 0.15) is 5.69 Å². The van der Waals surface area contributed by atoms with E-state index in [1.807, 2.05) is 0 Å². The van der Waals surface area contributed by atoms with Gasteiger partial charge in [0.2, 0.25) is 0 Å². The number of alkyl halides is 3. The molecule has 0 spiro atoms. The van der Waals surface area contributed by atoms with Gasteiger partial charge >= 0.3 is 6.18 Å². The van der Waals surface area contributed by atoms with E-state index in [-0.39, 0.29) is 28.5 Å². The third-order valence-corrected chi connectivity index (χ3v) is 5.38. The number of hydrogen-bond acceptors (Lipinski definition) is 2. The Labute approximate surface area is 179 Å². The van der Waals surface area contributed by atoms with Crippen molar-refractivity contribution in [1.82, 2.24) is 9.88 Å². The number of carbonyl (C=O) groups is 2. The number of carbonyl (C=O) groups excluding carboxylic acids is 2. The van der Waals surface area contributed by atoms with Crippen LogP contribution in [0.4, 0.5) is 13.2 Å². The van der Waals surface area contributed by atoms with Crippen molar-refractivity contribution in [3.8, 4) is 0 Å². The summed E-state index contributed by atoms with van der Waals surface area (Å²) in [5, 5.41) is 3.06. The predicted octanol–water partition coefficient (Wildman–Crippen LogP) is 5.48. The molecule has 1 N–H and O–H groups in total. The SMILES string of the molecule is O=C(NC1CC1)C(=O)c1c(C(F)(F)F)n(Cc2ccc(Cl)cc2)c2ccc(Cl)cc12. The van der Waals surface area contributed by atoms with E-state index in [1.54, 1.807) is 24.3 Å². The maximum absolute atomic E-state index is 14.2. The molecule has 2 aromatic carbocycles. The van der Waals surface area contributed by atoms with Crippen LogP contribution in [0, 0.1) is 0 Å². The topological polar surface area (TPSA) is 51.1 Å². The molecule has 1 aromatic heterocycles. The van der Waals surface area contributed by atoms with Gasteiger partial charge < -0.3 is 9.88 Å². The summed E-state index contributed by atoms with van der Waals surface area (Å²) >= 11 is 11.9. The average Bonchev–Trinajstić information content (AvgIpc) is 3.43. The highest BCUT2D eigenvalue weighted by atomic mass is 35.5. The minimum Gasteiger partial charge on any atom is -0.346 e. The Morgan fingerprint density at radius 2 is 1.67 bits per heavy atom. The Bertz CT molecular complexity index is 1150. The summed E-state index contributed by atoms with van der Waals surface area (Å²) in [4.78, 5) is 25.1. The lowest BCUT2D eigenvalue weighted by Gasteiger charge is -2.15. The van der Waals surface area contributed by atoms with Gasteiger partial charge in [-0.2, -0.15) is 13.2 Å². The van der Waals surface area contributed by atoms with Crippen LogP contribution in [0.2, 0.25) is 10.0 Å². The lowest BCUT2D eigenvalue weighted by molar-refractivity contribution is -0.143. The molecule has 9 heteroatoms. The Morgan fingerprint density at radius 1 is 1.03 bits per heavy atom. The Hall–Kier alpha value is -2.51. The van der Waals surface area contributed by atoms with E-state index < -0.39 is 29.1 Å². The zero-order valence-electron chi connectivity index (χ0n) is 15.4. The number of Topliss-reactive ketones (excluding diaryl/α,β-unsaturated/α-hetero) is 1. The van der Waals surface area contributed by atoms with Crippen molar-refractivity contribution in [3.05, 3.63) is 69.3 Å². The highest BCUT2D eigenvalue weighted by Gasteiger charge is 2.43. The highest BCUT2D eigenvalue weighted by molar-refractivity contribution is 6.45. The van der Waals surface area contributed by atoms with Crippen molar-refractivity contribution in [3.63, 3.8) is 0 Å². The van der Waals surface area contributed by atoms with Crippen LogP contribution in [0.1, 0.15) is 34.5 Å². The Kier molecular flexibility index (Phi) is 5.28. The van der Waals surface area contributed by atoms with Crippen LogP contribution in [-0.2, 0) is 17.5 Å². The van der Waals surface area contributed by atoms with Gasteiger partial charge in [0.05, 0.1) is 5.56 Å². The molecule has 0 aliphatic heterocycles. The second-order valence-corrected chi connectivity index (χ2v) is 8.05. The van der Waals surface area contributed by atoms with Crippen LogP contribution in [0.25, 0.3) is 10.9 Å². The molecule has 1 heterocycles. The lowest BCUT2D eigenvalue weighted by atomic mass is 10.1.